The van der Waals surface area contributed by atoms with E-state index in [2.05, 4.69) is 0 Å². The molecule has 2 rings (SSSR count). The van der Waals surface area contributed by atoms with E-state index in [-0.39, 0.29) is 28.6 Å². The van der Waals surface area contributed by atoms with Crippen molar-refractivity contribution in [3.05, 3.63) is 69.7 Å². The van der Waals surface area contributed by atoms with Crippen LogP contribution < -0.4 is 0 Å². The van der Waals surface area contributed by atoms with Crippen LogP contribution in [0.5, 0.6) is 0 Å². The Hall–Kier alpha value is -1.01. The minimum absolute atomic E-state index is 0. The largest absolute Gasteiger partial charge is 0.390 e. The van der Waals surface area contributed by atoms with Crippen molar-refractivity contribution in [2.45, 2.75) is 26.3 Å². The van der Waals surface area contributed by atoms with Crippen LogP contribution in [0.15, 0.2) is 48.5 Å². The summed E-state index contributed by atoms with van der Waals surface area (Å²) in [6, 6.07) is 12.6. The normalized spacial score (nSPS) is 13.3. The molecular weight excluding hydrogens is 453 g/mol. The van der Waals surface area contributed by atoms with Crippen LogP contribution in [-0.4, -0.2) is 26.0 Å². The van der Waals surface area contributed by atoms with Gasteiger partial charge in [-0.1, -0.05) is 39.9 Å². The molecule has 2 aromatic rings. The molecule has 0 fully saturated rings. The molecule has 1 unspecified atom stereocenters. The first-order valence-corrected chi connectivity index (χ1v) is 9.08. The number of quaternary nitrogens is 1. The lowest BCUT2D eigenvalue weighted by molar-refractivity contribution is -0.871. The number of carbonyl (C=O) groups is 2. The molecule has 1 atom stereocenters. The summed E-state index contributed by atoms with van der Waals surface area (Å²) in [4.78, 5) is 26.1. The number of amides is 2. The fraction of sp³-hybridized carbons (Fsp3) is 0.222. The molecule has 0 saturated heterocycles. The van der Waals surface area contributed by atoms with E-state index in [1.807, 2.05) is 0 Å². The second kappa shape index (κ2) is 8.99. The smallest absolute Gasteiger partial charge is 0.262 e. The van der Waals surface area contributed by atoms with E-state index in [1.54, 1.807) is 51.1 Å². The van der Waals surface area contributed by atoms with E-state index < -0.39 is 21.5 Å². The van der Waals surface area contributed by atoms with Gasteiger partial charge in [0.1, 0.15) is 5.54 Å². The van der Waals surface area contributed by atoms with Crippen LogP contribution in [0.4, 0.5) is 0 Å². The van der Waals surface area contributed by atoms with Crippen LogP contribution >= 0.6 is 59.2 Å². The molecule has 9 heteroatoms. The lowest BCUT2D eigenvalue weighted by Gasteiger charge is -2.40. The molecule has 2 aromatic carbocycles. The topological polar surface area (TPSA) is 37.4 Å². The van der Waals surface area contributed by atoms with E-state index in [0.29, 0.717) is 9.55 Å². The molecule has 0 aliphatic carbocycles. The van der Waals surface area contributed by atoms with Gasteiger partial charge in [0, 0.05) is 5.02 Å². The fourth-order valence-corrected chi connectivity index (χ4v) is 3.17. The summed E-state index contributed by atoms with van der Waals surface area (Å²) in [5, 5.41) is 0.680. The summed E-state index contributed by atoms with van der Waals surface area (Å²) in [7, 11) is 0. The Bertz CT molecular complexity index is 836. The Morgan fingerprint density at radius 1 is 0.963 bits per heavy atom. The highest BCUT2D eigenvalue weighted by atomic mass is 35.5. The number of hydrogen-bond acceptors (Lipinski definition) is 2. The molecule has 0 radical (unpaired) electrons. The highest BCUT2D eigenvalue weighted by Gasteiger charge is 2.56. The van der Waals surface area contributed by atoms with Gasteiger partial charge in [0.25, 0.3) is 0 Å². The average Bonchev–Trinajstić information content (AvgIpc) is 2.59. The van der Waals surface area contributed by atoms with Crippen LogP contribution in [0.3, 0.4) is 0 Å². The minimum atomic E-state index is -1.01. The summed E-state index contributed by atoms with van der Waals surface area (Å²) < 4.78 is -0.347. The quantitative estimate of drug-likeness (QED) is 0.369. The summed E-state index contributed by atoms with van der Waals surface area (Å²) >= 11 is 25.0. The Kier molecular flexibility index (Phi) is 8.00. The van der Waals surface area contributed by atoms with Gasteiger partial charge in [-0.05, 0) is 61.3 Å². The zero-order valence-corrected chi connectivity index (χ0v) is 18.6. The molecule has 0 saturated carbocycles. The molecule has 0 aliphatic heterocycles. The molecule has 0 N–H and O–H groups in total. The third-order valence-corrected chi connectivity index (χ3v) is 5.61. The van der Waals surface area contributed by atoms with Crippen molar-refractivity contribution in [2.24, 2.45) is 0 Å². The summed E-state index contributed by atoms with van der Waals surface area (Å²) in [5.41, 5.74) is -0.547. The highest BCUT2D eigenvalue weighted by molar-refractivity contribution is 6.35. The van der Waals surface area contributed by atoms with Crippen molar-refractivity contribution < 1.29 is 13.7 Å². The van der Waals surface area contributed by atoms with Gasteiger partial charge in [0.15, 0.2) is 0 Å². The first-order chi connectivity index (χ1) is 12.0. The summed E-state index contributed by atoms with van der Waals surface area (Å²) in [6.07, 6.45) is 0. The van der Waals surface area contributed by atoms with E-state index in [9.17, 15) is 9.59 Å². The average molecular weight is 472 g/mol. The van der Waals surface area contributed by atoms with Gasteiger partial charge in [-0.15, -0.1) is 12.4 Å². The Balaban J connectivity index is 0.00000364. The lowest BCUT2D eigenvalue weighted by atomic mass is 10.1. The minimum Gasteiger partial charge on any atom is -0.262 e. The van der Waals surface area contributed by atoms with Gasteiger partial charge >= 0.3 is 11.8 Å². The van der Waals surface area contributed by atoms with Crippen molar-refractivity contribution in [1.82, 2.24) is 4.53 Å². The highest BCUT2D eigenvalue weighted by Crippen LogP contribution is 2.37. The van der Waals surface area contributed by atoms with E-state index >= 15 is 0 Å². The first kappa shape index (κ1) is 24.0. The Labute approximate surface area is 184 Å². The molecule has 0 spiro atoms. The van der Waals surface area contributed by atoms with Crippen molar-refractivity contribution >= 4 is 71.0 Å². The van der Waals surface area contributed by atoms with Crippen molar-refractivity contribution in [3.8, 4) is 0 Å². The van der Waals surface area contributed by atoms with Crippen molar-refractivity contribution in [2.75, 3.05) is 0 Å². The molecule has 0 aromatic heterocycles. The van der Waals surface area contributed by atoms with Crippen LogP contribution in [0.25, 0.3) is 0 Å². The van der Waals surface area contributed by atoms with Crippen molar-refractivity contribution in [3.63, 3.8) is 0 Å². The maximum atomic E-state index is 13.2. The molecule has 0 aliphatic rings. The number of nitrogens with zero attached hydrogens (tertiary/aromatic N) is 2. The SMILES string of the molecule is CC(C)(C)[N+](Cl)(C(=O)c1ccc(Cl)cc1)N(Cl)C(=O)c1ccccc1Cl.Cl. The van der Waals surface area contributed by atoms with Gasteiger partial charge in [-0.3, -0.25) is 4.79 Å². The molecule has 0 heterocycles. The van der Waals surface area contributed by atoms with E-state index in [1.165, 1.54) is 18.2 Å². The standard InChI is InChI=1S/C18H17Cl4N2O2.ClH/c1-18(2,3)24(22,17(26)12-8-10-13(19)11-9-12)23(21)16(25)14-6-4-5-7-15(14)20;/h4-11H,1-3H3;1H/q+1;. The predicted octanol–water partition coefficient (Wildman–Crippen LogP) is 6.54. The number of carbonyl (C=O) groups excluding carboxylic acids is 2. The van der Waals surface area contributed by atoms with Crippen LogP contribution in [0.2, 0.25) is 10.0 Å². The molecule has 27 heavy (non-hydrogen) atoms. The Morgan fingerprint density at radius 2 is 1.48 bits per heavy atom. The van der Waals surface area contributed by atoms with Crippen LogP contribution in [0, 0.1) is 0 Å². The number of halogens is 5. The molecule has 2 amide bonds. The zero-order valence-electron chi connectivity index (χ0n) is 14.7. The molecule has 4 nitrogen and oxygen atoms in total. The zero-order chi connectivity index (χ0) is 19.7. The summed E-state index contributed by atoms with van der Waals surface area (Å²) in [5.74, 6) is -1.27. The maximum Gasteiger partial charge on any atom is 0.390 e. The molecular formula is C18H18Cl5N2O2+. The van der Waals surface area contributed by atoms with Crippen LogP contribution in [0.1, 0.15) is 41.5 Å². The third-order valence-electron chi connectivity index (χ3n) is 3.76. The number of hydrogen-bond donors (Lipinski definition) is 0. The second-order valence-corrected chi connectivity index (χ2v) is 8.24. The van der Waals surface area contributed by atoms with Gasteiger partial charge in [0.05, 0.1) is 27.9 Å². The van der Waals surface area contributed by atoms with Gasteiger partial charge in [0.2, 0.25) is 11.8 Å². The third kappa shape index (κ3) is 4.70. The second-order valence-electron chi connectivity index (χ2n) is 6.58. The van der Waals surface area contributed by atoms with Gasteiger partial charge < -0.3 is 0 Å². The van der Waals surface area contributed by atoms with Gasteiger partial charge in [-0.2, -0.15) is 0 Å². The fourth-order valence-electron chi connectivity index (χ4n) is 2.27. The lowest BCUT2D eigenvalue weighted by Crippen LogP contribution is -2.64. The predicted molar refractivity (Wildman–Crippen MR) is 112 cm³/mol. The maximum absolute atomic E-state index is 13.2. The van der Waals surface area contributed by atoms with E-state index in [0.717, 1.165) is 0 Å². The van der Waals surface area contributed by atoms with Crippen LogP contribution in [-0.2, 0) is 0 Å². The molecule has 146 valence electrons. The van der Waals surface area contributed by atoms with Crippen molar-refractivity contribution in [1.29, 1.82) is 0 Å². The van der Waals surface area contributed by atoms with Gasteiger partial charge in [-0.25, -0.2) is 4.79 Å². The summed E-state index contributed by atoms with van der Waals surface area (Å²) in [6.45, 7) is 5.09. The number of rotatable bonds is 2. The van der Waals surface area contributed by atoms with E-state index in [4.69, 9.17) is 46.8 Å². The Morgan fingerprint density at radius 3 is 1.96 bits per heavy atom. The first-order valence-electron chi connectivity index (χ1n) is 7.64. The number of benzene rings is 2. The molecule has 0 bridgehead atoms. The monoisotopic (exact) mass is 469 g/mol.